The molecule has 70 valence electrons. The fraction of sp³-hybridized carbons (Fsp3) is 0.889. The number of hydrogen-bond donors (Lipinski definition) is 1. The van der Waals surface area contributed by atoms with Crippen molar-refractivity contribution >= 4 is 5.90 Å². The Kier molecular flexibility index (Phi) is 2.73. The Balaban J connectivity index is 2.42. The van der Waals surface area contributed by atoms with Crippen molar-refractivity contribution in [3.63, 3.8) is 0 Å². The van der Waals surface area contributed by atoms with E-state index in [2.05, 4.69) is 25.8 Å². The third-order valence-electron chi connectivity index (χ3n) is 1.79. The summed E-state index contributed by atoms with van der Waals surface area (Å²) in [5.41, 5.74) is 5.72. The van der Waals surface area contributed by atoms with Crippen LogP contribution in [0.3, 0.4) is 0 Å². The van der Waals surface area contributed by atoms with Gasteiger partial charge in [-0.3, -0.25) is 0 Å². The summed E-state index contributed by atoms with van der Waals surface area (Å²) in [7, 11) is 0. The van der Waals surface area contributed by atoms with Crippen molar-refractivity contribution in [1.29, 1.82) is 0 Å². The van der Waals surface area contributed by atoms with Gasteiger partial charge in [0.15, 0.2) is 5.90 Å². The van der Waals surface area contributed by atoms with Gasteiger partial charge in [0.25, 0.3) is 0 Å². The normalized spacial score (nSPS) is 23.7. The lowest BCUT2D eigenvalue weighted by Gasteiger charge is -2.19. The molecule has 2 N–H and O–H groups in total. The molecule has 0 fully saturated rings. The molecule has 12 heavy (non-hydrogen) atoms. The molecule has 0 aromatic rings. The molecule has 1 atom stereocenters. The minimum atomic E-state index is 0.321. The van der Waals surface area contributed by atoms with Gasteiger partial charge >= 0.3 is 0 Å². The van der Waals surface area contributed by atoms with Crippen LogP contribution in [-0.2, 0) is 4.74 Å². The molecule has 1 aliphatic heterocycles. The van der Waals surface area contributed by atoms with Gasteiger partial charge in [0, 0.05) is 0 Å². The molecule has 1 aliphatic rings. The Bertz CT molecular complexity index is 181. The van der Waals surface area contributed by atoms with E-state index >= 15 is 0 Å². The fourth-order valence-corrected chi connectivity index (χ4v) is 1.39. The predicted molar refractivity (Wildman–Crippen MR) is 50.3 cm³/mol. The highest BCUT2D eigenvalue weighted by Crippen LogP contribution is 2.24. The lowest BCUT2D eigenvalue weighted by atomic mass is 9.89. The van der Waals surface area contributed by atoms with E-state index in [9.17, 15) is 0 Å². The number of nitrogens with zero attached hydrogens (tertiary/aromatic N) is 1. The number of aliphatic imine (C=N–C) groups is 1. The summed E-state index contributed by atoms with van der Waals surface area (Å²) in [6, 6.07) is 0.323. The standard InChI is InChI=1S/C9H18N2O/c1-9(2,3)4-7-6-12-8(5-10)11-7/h7H,4-6,10H2,1-3H3. The topological polar surface area (TPSA) is 47.6 Å². The van der Waals surface area contributed by atoms with Gasteiger partial charge in [-0.15, -0.1) is 0 Å². The van der Waals surface area contributed by atoms with E-state index in [1.54, 1.807) is 0 Å². The van der Waals surface area contributed by atoms with Gasteiger partial charge in [0.05, 0.1) is 12.6 Å². The largest absolute Gasteiger partial charge is 0.478 e. The number of rotatable bonds is 2. The summed E-state index contributed by atoms with van der Waals surface area (Å²) in [6.45, 7) is 7.78. The molecule has 0 aromatic heterocycles. The number of nitrogens with two attached hydrogens (primary N) is 1. The highest BCUT2D eigenvalue weighted by molar-refractivity contribution is 5.79. The molecule has 0 radical (unpaired) electrons. The lowest BCUT2D eigenvalue weighted by Crippen LogP contribution is -2.17. The summed E-state index contributed by atoms with van der Waals surface area (Å²) in [5, 5.41) is 0. The fourth-order valence-electron chi connectivity index (χ4n) is 1.39. The summed E-state index contributed by atoms with van der Waals surface area (Å²) >= 11 is 0. The van der Waals surface area contributed by atoms with Crippen LogP contribution in [0.5, 0.6) is 0 Å². The molecule has 1 rings (SSSR count). The Hall–Kier alpha value is -0.570. The van der Waals surface area contributed by atoms with Gasteiger partial charge in [-0.1, -0.05) is 20.8 Å². The SMILES string of the molecule is CC(C)(C)CC1COC(CN)=N1. The second-order valence-electron chi connectivity index (χ2n) is 4.46. The van der Waals surface area contributed by atoms with E-state index in [1.165, 1.54) is 0 Å². The maximum atomic E-state index is 5.40. The molecule has 0 amide bonds. The smallest absolute Gasteiger partial charge is 0.197 e. The van der Waals surface area contributed by atoms with Crippen LogP contribution in [0.25, 0.3) is 0 Å². The van der Waals surface area contributed by atoms with Crippen LogP contribution >= 0.6 is 0 Å². The highest BCUT2D eigenvalue weighted by Gasteiger charge is 2.23. The van der Waals surface area contributed by atoms with Crippen LogP contribution < -0.4 is 5.73 Å². The number of hydrogen-bond acceptors (Lipinski definition) is 3. The second-order valence-corrected chi connectivity index (χ2v) is 4.46. The van der Waals surface area contributed by atoms with E-state index in [-0.39, 0.29) is 0 Å². The van der Waals surface area contributed by atoms with Crippen LogP contribution in [0, 0.1) is 5.41 Å². The zero-order valence-electron chi connectivity index (χ0n) is 8.13. The zero-order chi connectivity index (χ0) is 9.19. The van der Waals surface area contributed by atoms with Crippen molar-refractivity contribution < 1.29 is 4.74 Å². The highest BCUT2D eigenvalue weighted by atomic mass is 16.5. The average Bonchev–Trinajstić information content (AvgIpc) is 2.32. The molecule has 0 bridgehead atoms. The van der Waals surface area contributed by atoms with Gasteiger partial charge in [0.2, 0.25) is 0 Å². The summed E-state index contributed by atoms with van der Waals surface area (Å²) < 4.78 is 5.29. The Labute approximate surface area is 74.0 Å². The van der Waals surface area contributed by atoms with E-state index in [4.69, 9.17) is 10.5 Å². The molecule has 3 heteroatoms. The molecule has 1 heterocycles. The van der Waals surface area contributed by atoms with Crippen LogP contribution in [0.4, 0.5) is 0 Å². The van der Waals surface area contributed by atoms with Gasteiger partial charge in [-0.05, 0) is 11.8 Å². The Morgan fingerprint density at radius 1 is 1.58 bits per heavy atom. The van der Waals surface area contributed by atoms with E-state index < -0.39 is 0 Å². The van der Waals surface area contributed by atoms with E-state index in [0.717, 1.165) is 6.42 Å². The zero-order valence-corrected chi connectivity index (χ0v) is 8.13. The first-order valence-electron chi connectivity index (χ1n) is 4.41. The molecule has 0 spiro atoms. The van der Waals surface area contributed by atoms with Crippen molar-refractivity contribution in [2.24, 2.45) is 16.1 Å². The second kappa shape index (κ2) is 3.44. The first-order chi connectivity index (χ1) is 5.51. The quantitative estimate of drug-likeness (QED) is 0.676. The Morgan fingerprint density at radius 2 is 2.25 bits per heavy atom. The summed E-state index contributed by atoms with van der Waals surface area (Å²) in [5.74, 6) is 0.712. The van der Waals surface area contributed by atoms with Crippen molar-refractivity contribution in [1.82, 2.24) is 0 Å². The molecule has 0 saturated carbocycles. The van der Waals surface area contributed by atoms with Gasteiger partial charge in [0.1, 0.15) is 6.61 Å². The lowest BCUT2D eigenvalue weighted by molar-refractivity contribution is 0.265. The van der Waals surface area contributed by atoms with Crippen LogP contribution in [0.1, 0.15) is 27.2 Å². The van der Waals surface area contributed by atoms with Crippen molar-refractivity contribution in [3.05, 3.63) is 0 Å². The Morgan fingerprint density at radius 3 is 2.67 bits per heavy atom. The van der Waals surface area contributed by atoms with Gasteiger partial charge < -0.3 is 10.5 Å². The maximum absolute atomic E-state index is 5.40. The van der Waals surface area contributed by atoms with Crippen LogP contribution in [0.2, 0.25) is 0 Å². The van der Waals surface area contributed by atoms with E-state index in [0.29, 0.717) is 30.5 Å². The molecule has 1 unspecified atom stereocenters. The summed E-state index contributed by atoms with van der Waals surface area (Å²) in [4.78, 5) is 4.36. The van der Waals surface area contributed by atoms with E-state index in [1.807, 2.05) is 0 Å². The number of ether oxygens (including phenoxy) is 1. The van der Waals surface area contributed by atoms with Crippen molar-refractivity contribution in [2.75, 3.05) is 13.2 Å². The maximum Gasteiger partial charge on any atom is 0.197 e. The van der Waals surface area contributed by atoms with Crippen LogP contribution in [-0.4, -0.2) is 25.1 Å². The molecule has 0 aliphatic carbocycles. The predicted octanol–water partition coefficient (Wildman–Crippen LogP) is 1.18. The minimum absolute atomic E-state index is 0.321. The van der Waals surface area contributed by atoms with Gasteiger partial charge in [-0.2, -0.15) is 0 Å². The molecule has 3 nitrogen and oxygen atoms in total. The molecule has 0 aromatic carbocycles. The monoisotopic (exact) mass is 170 g/mol. The third kappa shape index (κ3) is 2.81. The third-order valence-corrected chi connectivity index (χ3v) is 1.79. The van der Waals surface area contributed by atoms with Crippen molar-refractivity contribution in [3.8, 4) is 0 Å². The first kappa shape index (κ1) is 9.52. The molecular weight excluding hydrogens is 152 g/mol. The van der Waals surface area contributed by atoms with Crippen molar-refractivity contribution in [2.45, 2.75) is 33.2 Å². The first-order valence-corrected chi connectivity index (χ1v) is 4.41. The van der Waals surface area contributed by atoms with Crippen LogP contribution in [0.15, 0.2) is 4.99 Å². The average molecular weight is 170 g/mol. The minimum Gasteiger partial charge on any atom is -0.478 e. The molecular formula is C9H18N2O. The summed E-state index contributed by atoms with van der Waals surface area (Å²) in [6.07, 6.45) is 1.07. The molecule has 0 saturated heterocycles. The van der Waals surface area contributed by atoms with Gasteiger partial charge in [-0.25, -0.2) is 4.99 Å².